The van der Waals surface area contributed by atoms with Gasteiger partial charge in [0.1, 0.15) is 17.1 Å². The number of para-hydroxylation sites is 2. The van der Waals surface area contributed by atoms with Gasteiger partial charge in [-0.2, -0.15) is 0 Å². The zero-order valence-corrected chi connectivity index (χ0v) is 17.4. The molecule has 1 N–H and O–H groups in total. The molecule has 0 aliphatic heterocycles. The number of rotatable bonds is 8. The van der Waals surface area contributed by atoms with Crippen molar-refractivity contribution in [1.29, 1.82) is 0 Å². The number of hydrogen-bond donors (Lipinski definition) is 1. The Labute approximate surface area is 178 Å². The maximum Gasteiger partial charge on any atom is 0.335 e. The fraction of sp³-hybridized carbons (Fsp3) is 0.261. The van der Waals surface area contributed by atoms with Crippen molar-refractivity contribution < 1.29 is 13.9 Å². The quantitative estimate of drug-likeness (QED) is 0.602. The van der Waals surface area contributed by atoms with Crippen LogP contribution in [-0.4, -0.2) is 22.2 Å². The highest BCUT2D eigenvalue weighted by Gasteiger charge is 2.20. The van der Waals surface area contributed by atoms with Gasteiger partial charge in [0.15, 0.2) is 0 Å². The van der Waals surface area contributed by atoms with Gasteiger partial charge in [-0.1, -0.05) is 37.6 Å². The molecule has 0 fully saturated rings. The number of unbranched alkanes of at least 4 members (excludes halogenated alkanes) is 1. The van der Waals surface area contributed by atoms with E-state index in [4.69, 9.17) is 4.74 Å². The van der Waals surface area contributed by atoms with Gasteiger partial charge in [-0.3, -0.25) is 14.2 Å². The highest BCUT2D eigenvalue weighted by molar-refractivity contribution is 5.93. The molecular weight excluding hydrogens is 401 g/mol. The molecule has 1 amide bonds. The Morgan fingerprint density at radius 2 is 1.81 bits per heavy atom. The predicted octanol–water partition coefficient (Wildman–Crippen LogP) is 2.88. The Bertz CT molecular complexity index is 1180. The zero-order chi connectivity index (χ0) is 22.4. The van der Waals surface area contributed by atoms with Crippen LogP contribution in [0.2, 0.25) is 0 Å². The number of halogens is 1. The Balaban J connectivity index is 2.05. The number of nitrogens with zero attached hydrogens (tertiary/aromatic N) is 2. The van der Waals surface area contributed by atoms with Gasteiger partial charge in [-0.05, 0) is 36.2 Å². The second-order valence-electron chi connectivity index (χ2n) is 6.99. The van der Waals surface area contributed by atoms with E-state index in [0.29, 0.717) is 24.3 Å². The molecule has 7 nitrogen and oxygen atoms in total. The number of ether oxygens (including phenoxy) is 1. The summed E-state index contributed by atoms with van der Waals surface area (Å²) >= 11 is 0. The van der Waals surface area contributed by atoms with Crippen molar-refractivity contribution in [2.75, 3.05) is 7.11 Å². The summed E-state index contributed by atoms with van der Waals surface area (Å²) in [5.41, 5.74) is -0.502. The maximum atomic E-state index is 13.2. The van der Waals surface area contributed by atoms with E-state index in [2.05, 4.69) is 5.32 Å². The first-order chi connectivity index (χ1) is 15.0. The fourth-order valence-electron chi connectivity index (χ4n) is 3.15. The first-order valence-corrected chi connectivity index (χ1v) is 9.98. The second-order valence-corrected chi connectivity index (χ2v) is 6.99. The number of amides is 1. The third kappa shape index (κ3) is 4.91. The van der Waals surface area contributed by atoms with Gasteiger partial charge in [0, 0.05) is 19.3 Å². The number of carbonyl (C=O) groups excluding carboxylic acids is 1. The van der Waals surface area contributed by atoms with Crippen LogP contribution in [0.25, 0.3) is 5.69 Å². The van der Waals surface area contributed by atoms with Crippen LogP contribution in [0.15, 0.2) is 64.3 Å². The summed E-state index contributed by atoms with van der Waals surface area (Å²) in [5, 5.41) is 2.66. The molecule has 0 aliphatic rings. The Morgan fingerprint density at radius 1 is 1.10 bits per heavy atom. The summed E-state index contributed by atoms with van der Waals surface area (Å²) in [6.45, 7) is 2.46. The van der Waals surface area contributed by atoms with Gasteiger partial charge in [0.05, 0.1) is 12.8 Å². The smallest absolute Gasteiger partial charge is 0.335 e. The van der Waals surface area contributed by atoms with Crippen molar-refractivity contribution in [3.8, 4) is 11.4 Å². The lowest BCUT2D eigenvalue weighted by molar-refractivity contribution is 0.0948. The minimum Gasteiger partial charge on any atom is -0.495 e. The van der Waals surface area contributed by atoms with Crippen LogP contribution in [0.3, 0.4) is 0 Å². The van der Waals surface area contributed by atoms with Crippen LogP contribution in [0, 0.1) is 5.82 Å². The molecule has 0 spiro atoms. The van der Waals surface area contributed by atoms with Crippen LogP contribution in [0.4, 0.5) is 4.39 Å². The first kappa shape index (κ1) is 22.0. The summed E-state index contributed by atoms with van der Waals surface area (Å²) in [4.78, 5) is 39.1. The average Bonchev–Trinajstić information content (AvgIpc) is 2.78. The molecule has 1 heterocycles. The minimum absolute atomic E-state index is 0.112. The highest BCUT2D eigenvalue weighted by atomic mass is 19.1. The third-order valence-electron chi connectivity index (χ3n) is 4.85. The topological polar surface area (TPSA) is 82.3 Å². The van der Waals surface area contributed by atoms with E-state index < -0.39 is 17.2 Å². The molecule has 8 heteroatoms. The maximum absolute atomic E-state index is 13.2. The number of nitrogens with one attached hydrogen (secondary N) is 1. The molecule has 0 bridgehead atoms. The molecule has 0 saturated heterocycles. The molecule has 2 aromatic carbocycles. The standard InChI is InChI=1S/C23H24FN3O4/c1-3-4-13-26-15-18(21(28)25-14-16-9-11-17(24)12-10-16)22(29)27(23(26)30)19-7-5-6-8-20(19)31-2/h5-12,15H,3-4,13-14H2,1-2H3,(H,25,28). The van der Waals surface area contributed by atoms with Crippen molar-refractivity contribution in [1.82, 2.24) is 14.5 Å². The van der Waals surface area contributed by atoms with E-state index in [-0.39, 0.29) is 23.6 Å². The van der Waals surface area contributed by atoms with Gasteiger partial charge in [-0.15, -0.1) is 0 Å². The molecule has 31 heavy (non-hydrogen) atoms. The van der Waals surface area contributed by atoms with Gasteiger partial charge >= 0.3 is 5.69 Å². The lowest BCUT2D eigenvalue weighted by Gasteiger charge is -2.15. The monoisotopic (exact) mass is 425 g/mol. The van der Waals surface area contributed by atoms with Gasteiger partial charge in [0.25, 0.3) is 11.5 Å². The lowest BCUT2D eigenvalue weighted by atomic mass is 10.2. The van der Waals surface area contributed by atoms with E-state index in [1.807, 2.05) is 6.92 Å². The summed E-state index contributed by atoms with van der Waals surface area (Å²) < 4.78 is 20.7. The van der Waals surface area contributed by atoms with Crippen molar-refractivity contribution in [3.05, 3.63) is 92.5 Å². The lowest BCUT2D eigenvalue weighted by Crippen LogP contribution is -2.43. The molecule has 0 unspecified atom stereocenters. The van der Waals surface area contributed by atoms with Crippen LogP contribution in [0.1, 0.15) is 35.7 Å². The molecule has 3 aromatic rings. The van der Waals surface area contributed by atoms with Crippen molar-refractivity contribution in [3.63, 3.8) is 0 Å². The second kappa shape index (κ2) is 9.88. The van der Waals surface area contributed by atoms with Gasteiger partial charge in [-0.25, -0.2) is 13.8 Å². The third-order valence-corrected chi connectivity index (χ3v) is 4.85. The van der Waals surface area contributed by atoms with E-state index in [0.717, 1.165) is 11.0 Å². The summed E-state index contributed by atoms with van der Waals surface area (Å²) in [7, 11) is 1.44. The number of aryl methyl sites for hydroxylation is 1. The molecule has 0 atom stereocenters. The van der Waals surface area contributed by atoms with Crippen LogP contribution >= 0.6 is 0 Å². The minimum atomic E-state index is -0.737. The Hall–Kier alpha value is -3.68. The van der Waals surface area contributed by atoms with Crippen LogP contribution < -0.4 is 21.3 Å². The summed E-state index contributed by atoms with van der Waals surface area (Å²) in [6.07, 6.45) is 2.85. The van der Waals surface area contributed by atoms with E-state index in [1.54, 1.807) is 36.4 Å². The van der Waals surface area contributed by atoms with Crippen LogP contribution in [-0.2, 0) is 13.1 Å². The summed E-state index contributed by atoms with van der Waals surface area (Å²) in [5.74, 6) is -0.659. The van der Waals surface area contributed by atoms with E-state index in [9.17, 15) is 18.8 Å². The van der Waals surface area contributed by atoms with Crippen molar-refractivity contribution in [2.24, 2.45) is 0 Å². The van der Waals surface area contributed by atoms with E-state index in [1.165, 1.54) is 30.0 Å². The molecule has 0 radical (unpaired) electrons. The number of carbonyl (C=O) groups is 1. The van der Waals surface area contributed by atoms with Gasteiger partial charge < -0.3 is 10.1 Å². The Morgan fingerprint density at radius 3 is 2.48 bits per heavy atom. The summed E-state index contributed by atoms with van der Waals surface area (Å²) in [6, 6.07) is 12.3. The molecule has 1 aromatic heterocycles. The van der Waals surface area contributed by atoms with Gasteiger partial charge in [0.2, 0.25) is 0 Å². The highest BCUT2D eigenvalue weighted by Crippen LogP contribution is 2.19. The molecule has 3 rings (SSSR count). The van der Waals surface area contributed by atoms with Crippen LogP contribution in [0.5, 0.6) is 5.75 Å². The normalized spacial score (nSPS) is 10.7. The number of aromatic nitrogens is 2. The van der Waals surface area contributed by atoms with Crippen molar-refractivity contribution in [2.45, 2.75) is 32.9 Å². The average molecular weight is 425 g/mol. The number of methoxy groups -OCH3 is 1. The zero-order valence-electron chi connectivity index (χ0n) is 17.4. The molecule has 162 valence electrons. The molecular formula is C23H24FN3O4. The number of hydrogen-bond acceptors (Lipinski definition) is 4. The molecule has 0 aliphatic carbocycles. The van der Waals surface area contributed by atoms with Crippen molar-refractivity contribution >= 4 is 5.91 Å². The fourth-order valence-corrected chi connectivity index (χ4v) is 3.15. The molecule has 0 saturated carbocycles. The van der Waals surface area contributed by atoms with E-state index >= 15 is 0 Å². The predicted molar refractivity (Wildman–Crippen MR) is 115 cm³/mol. The number of benzene rings is 2. The SMILES string of the molecule is CCCCn1cc(C(=O)NCc2ccc(F)cc2)c(=O)n(-c2ccccc2OC)c1=O. The largest absolute Gasteiger partial charge is 0.495 e. The Kier molecular flexibility index (Phi) is 7.02. The first-order valence-electron chi connectivity index (χ1n) is 9.98.